The van der Waals surface area contributed by atoms with E-state index in [1.807, 2.05) is 6.92 Å². The number of nitrogens with one attached hydrogen (secondary N) is 2. The number of nitrogens with two attached hydrogens (primary N) is 1. The van der Waals surface area contributed by atoms with Gasteiger partial charge in [-0.2, -0.15) is 0 Å². The minimum Gasteiger partial charge on any atom is -0.385 e. The Morgan fingerprint density at radius 3 is 2.79 bits per heavy atom. The predicted octanol–water partition coefficient (Wildman–Crippen LogP) is -0.924. The first-order chi connectivity index (χ1) is 6.72. The molecule has 14 heavy (non-hydrogen) atoms. The molecule has 0 aromatic carbocycles. The van der Waals surface area contributed by atoms with Crippen molar-refractivity contribution >= 4 is 5.91 Å². The number of carbonyl (C=O) groups is 1. The molecule has 0 aliphatic carbocycles. The molecule has 4 N–H and O–H groups in total. The molecule has 0 saturated heterocycles. The number of amides is 1. The summed E-state index contributed by atoms with van der Waals surface area (Å²) in [5.41, 5.74) is 5.31. The van der Waals surface area contributed by atoms with Crippen molar-refractivity contribution in [3.8, 4) is 0 Å². The van der Waals surface area contributed by atoms with E-state index in [0.29, 0.717) is 26.2 Å². The smallest absolute Gasteiger partial charge is 0.236 e. The molecule has 0 aliphatic rings. The second-order valence-electron chi connectivity index (χ2n) is 3.10. The average Bonchev–Trinajstić information content (AvgIpc) is 2.20. The highest BCUT2D eigenvalue weighted by Crippen LogP contribution is 1.82. The maximum absolute atomic E-state index is 11.4. The van der Waals surface area contributed by atoms with Crippen LogP contribution < -0.4 is 16.4 Å². The van der Waals surface area contributed by atoms with Crippen LogP contribution in [0, 0.1) is 0 Å². The minimum absolute atomic E-state index is 0.00885. The van der Waals surface area contributed by atoms with E-state index in [2.05, 4.69) is 10.6 Å². The summed E-state index contributed by atoms with van der Waals surface area (Å²) >= 11 is 0. The Morgan fingerprint density at radius 1 is 1.50 bits per heavy atom. The van der Waals surface area contributed by atoms with Crippen molar-refractivity contribution in [3.05, 3.63) is 0 Å². The van der Waals surface area contributed by atoms with Crippen LogP contribution in [0.1, 0.15) is 13.3 Å². The van der Waals surface area contributed by atoms with Crippen molar-refractivity contribution in [1.82, 2.24) is 10.6 Å². The fraction of sp³-hybridized carbons (Fsp3) is 0.889. The molecule has 0 spiro atoms. The summed E-state index contributed by atoms with van der Waals surface area (Å²) in [6.45, 7) is 4.35. The zero-order valence-corrected chi connectivity index (χ0v) is 9.01. The quantitative estimate of drug-likeness (QED) is 0.446. The van der Waals surface area contributed by atoms with Gasteiger partial charge in [-0.3, -0.25) is 4.79 Å². The number of hydrogen-bond acceptors (Lipinski definition) is 4. The van der Waals surface area contributed by atoms with Crippen molar-refractivity contribution in [3.63, 3.8) is 0 Å². The molecule has 0 aromatic heterocycles. The highest BCUT2D eigenvalue weighted by atomic mass is 16.5. The summed E-state index contributed by atoms with van der Waals surface area (Å²) in [7, 11) is 1.65. The highest BCUT2D eigenvalue weighted by molar-refractivity contribution is 5.81. The molecule has 0 rings (SSSR count). The predicted molar refractivity (Wildman–Crippen MR) is 56.0 cm³/mol. The van der Waals surface area contributed by atoms with Gasteiger partial charge in [-0.1, -0.05) is 0 Å². The SMILES string of the molecule is COCCCNC(=O)C(C)NCCN. The van der Waals surface area contributed by atoms with Crippen LogP contribution in [-0.2, 0) is 9.53 Å². The maximum Gasteiger partial charge on any atom is 0.236 e. The van der Waals surface area contributed by atoms with Gasteiger partial charge in [-0.05, 0) is 13.3 Å². The second-order valence-corrected chi connectivity index (χ2v) is 3.10. The van der Waals surface area contributed by atoms with Crippen LogP contribution in [0.2, 0.25) is 0 Å². The lowest BCUT2D eigenvalue weighted by Gasteiger charge is -2.12. The lowest BCUT2D eigenvalue weighted by molar-refractivity contribution is -0.122. The summed E-state index contributed by atoms with van der Waals surface area (Å²) < 4.78 is 4.87. The topological polar surface area (TPSA) is 76.4 Å². The molecule has 0 aliphatic heterocycles. The van der Waals surface area contributed by atoms with E-state index in [0.717, 1.165) is 6.42 Å². The number of ether oxygens (including phenoxy) is 1. The van der Waals surface area contributed by atoms with E-state index in [1.54, 1.807) is 7.11 Å². The molecule has 0 saturated carbocycles. The van der Waals surface area contributed by atoms with Gasteiger partial charge in [0.15, 0.2) is 0 Å². The third-order valence-corrected chi connectivity index (χ3v) is 1.81. The van der Waals surface area contributed by atoms with Gasteiger partial charge < -0.3 is 21.1 Å². The van der Waals surface area contributed by atoms with Gasteiger partial charge in [-0.15, -0.1) is 0 Å². The molecule has 0 bridgehead atoms. The van der Waals surface area contributed by atoms with Crippen LogP contribution in [0.3, 0.4) is 0 Å². The zero-order chi connectivity index (χ0) is 10.8. The highest BCUT2D eigenvalue weighted by Gasteiger charge is 2.09. The Hall–Kier alpha value is -0.650. The van der Waals surface area contributed by atoms with E-state index in [9.17, 15) is 4.79 Å². The number of carbonyl (C=O) groups excluding carboxylic acids is 1. The number of rotatable bonds is 8. The average molecular weight is 203 g/mol. The molecule has 84 valence electrons. The second kappa shape index (κ2) is 8.93. The normalized spacial score (nSPS) is 12.5. The van der Waals surface area contributed by atoms with Gasteiger partial charge >= 0.3 is 0 Å². The van der Waals surface area contributed by atoms with Crippen LogP contribution in [0.5, 0.6) is 0 Å². The van der Waals surface area contributed by atoms with Gasteiger partial charge in [0.05, 0.1) is 6.04 Å². The Morgan fingerprint density at radius 2 is 2.21 bits per heavy atom. The van der Waals surface area contributed by atoms with E-state index in [-0.39, 0.29) is 11.9 Å². The number of hydrogen-bond donors (Lipinski definition) is 3. The molecule has 1 amide bonds. The lowest BCUT2D eigenvalue weighted by Crippen LogP contribution is -2.44. The van der Waals surface area contributed by atoms with E-state index in [4.69, 9.17) is 10.5 Å². The first-order valence-electron chi connectivity index (χ1n) is 4.92. The molecular weight excluding hydrogens is 182 g/mol. The molecule has 5 nitrogen and oxygen atoms in total. The van der Waals surface area contributed by atoms with E-state index < -0.39 is 0 Å². The molecule has 0 radical (unpaired) electrons. The Labute approximate surface area is 85.4 Å². The van der Waals surface area contributed by atoms with Crippen LogP contribution in [0.15, 0.2) is 0 Å². The standard InChI is InChI=1S/C9H21N3O2/c1-8(11-6-4-10)9(13)12-5-3-7-14-2/h8,11H,3-7,10H2,1-2H3,(H,12,13). The summed E-state index contributed by atoms with van der Waals surface area (Å²) in [6.07, 6.45) is 0.839. The maximum atomic E-state index is 11.4. The molecule has 1 unspecified atom stereocenters. The van der Waals surface area contributed by atoms with Gasteiger partial charge in [0, 0.05) is 33.4 Å². The van der Waals surface area contributed by atoms with Gasteiger partial charge in [-0.25, -0.2) is 0 Å². The van der Waals surface area contributed by atoms with Crippen LogP contribution in [0.4, 0.5) is 0 Å². The molecule has 0 aromatic rings. The number of methoxy groups -OCH3 is 1. The monoisotopic (exact) mass is 203 g/mol. The fourth-order valence-electron chi connectivity index (χ4n) is 0.974. The molecule has 1 atom stereocenters. The Kier molecular flexibility index (Phi) is 8.51. The van der Waals surface area contributed by atoms with E-state index >= 15 is 0 Å². The fourth-order valence-corrected chi connectivity index (χ4v) is 0.974. The Bertz CT molecular complexity index is 153. The van der Waals surface area contributed by atoms with Crippen molar-refractivity contribution < 1.29 is 9.53 Å². The van der Waals surface area contributed by atoms with Crippen LogP contribution in [0.25, 0.3) is 0 Å². The van der Waals surface area contributed by atoms with Crippen molar-refractivity contribution in [1.29, 1.82) is 0 Å². The summed E-state index contributed by atoms with van der Waals surface area (Å²) in [6, 6.07) is -0.180. The summed E-state index contributed by atoms with van der Waals surface area (Å²) in [4.78, 5) is 11.4. The van der Waals surface area contributed by atoms with Crippen molar-refractivity contribution in [2.75, 3.05) is 33.4 Å². The van der Waals surface area contributed by atoms with Gasteiger partial charge in [0.1, 0.15) is 0 Å². The molecular formula is C9H21N3O2. The lowest BCUT2D eigenvalue weighted by atomic mass is 10.3. The first kappa shape index (κ1) is 13.4. The summed E-state index contributed by atoms with van der Waals surface area (Å²) in [5, 5.41) is 5.81. The zero-order valence-electron chi connectivity index (χ0n) is 9.01. The largest absolute Gasteiger partial charge is 0.385 e. The van der Waals surface area contributed by atoms with Gasteiger partial charge in [0.25, 0.3) is 0 Å². The van der Waals surface area contributed by atoms with Crippen molar-refractivity contribution in [2.45, 2.75) is 19.4 Å². The molecule has 5 heteroatoms. The summed E-state index contributed by atoms with van der Waals surface area (Å²) in [5.74, 6) is 0.00885. The van der Waals surface area contributed by atoms with Crippen molar-refractivity contribution in [2.24, 2.45) is 5.73 Å². The Balaban J connectivity index is 3.42. The van der Waals surface area contributed by atoms with E-state index in [1.165, 1.54) is 0 Å². The molecule has 0 heterocycles. The molecule has 0 fully saturated rings. The van der Waals surface area contributed by atoms with Gasteiger partial charge in [0.2, 0.25) is 5.91 Å². The third kappa shape index (κ3) is 6.82. The van der Waals surface area contributed by atoms with Crippen LogP contribution >= 0.6 is 0 Å². The first-order valence-corrected chi connectivity index (χ1v) is 4.92. The van der Waals surface area contributed by atoms with Crippen LogP contribution in [-0.4, -0.2) is 45.3 Å². The minimum atomic E-state index is -0.180. The third-order valence-electron chi connectivity index (χ3n) is 1.81.